The molecule has 0 saturated carbocycles. The number of rotatable bonds is 3. The summed E-state index contributed by atoms with van der Waals surface area (Å²) in [6.45, 7) is 1.00. The lowest BCUT2D eigenvalue weighted by atomic mass is 10.2. The Morgan fingerprint density at radius 1 is 1.30 bits per heavy atom. The number of sulfonamides is 1. The van der Waals surface area contributed by atoms with E-state index in [0.717, 1.165) is 11.8 Å². The topological polar surface area (TPSA) is 62.3 Å². The first-order chi connectivity index (χ1) is 10.0. The third kappa shape index (κ3) is 3.73. The quantitative estimate of drug-likeness (QED) is 0.863. The van der Waals surface area contributed by atoms with Crippen LogP contribution in [0.5, 0.6) is 0 Å². The van der Waals surface area contributed by atoms with Crippen LogP contribution in [0.25, 0.3) is 10.8 Å². The monoisotopic (exact) mass is 397 g/mol. The van der Waals surface area contributed by atoms with Gasteiger partial charge in [-0.1, -0.05) is 23.7 Å². The van der Waals surface area contributed by atoms with E-state index < -0.39 is 10.0 Å². The predicted molar refractivity (Wildman–Crippen MR) is 97.5 cm³/mol. The fourth-order valence-corrected chi connectivity index (χ4v) is 4.75. The average Bonchev–Trinajstić information content (AvgIpc) is 2.97. The standard InChI is InChI=1S/C14H16ClN3O2S.2ClH/c1-16-11-5-6-18(9-11)21(19,20)13-4-2-3-10-7-17-8-12(15)14(10)13;;/h2-4,7-8,11,16H,5-6,9H2,1H3;2*1H. The van der Waals surface area contributed by atoms with E-state index in [1.165, 1.54) is 10.5 Å². The molecule has 1 saturated heterocycles. The van der Waals surface area contributed by atoms with Crippen LogP contribution in [-0.2, 0) is 10.0 Å². The number of likely N-dealkylation sites (N-methyl/N-ethyl adjacent to an activating group) is 1. The van der Waals surface area contributed by atoms with Gasteiger partial charge >= 0.3 is 0 Å². The fraction of sp³-hybridized carbons (Fsp3) is 0.357. The Kier molecular flexibility index (Phi) is 7.07. The summed E-state index contributed by atoms with van der Waals surface area (Å²) in [5, 5.41) is 4.75. The maximum atomic E-state index is 12.9. The van der Waals surface area contributed by atoms with Crippen LogP contribution in [0.15, 0.2) is 35.5 Å². The van der Waals surface area contributed by atoms with Gasteiger partial charge in [-0.15, -0.1) is 24.8 Å². The molecule has 5 nitrogen and oxygen atoms in total. The van der Waals surface area contributed by atoms with Crippen molar-refractivity contribution in [1.82, 2.24) is 14.6 Å². The number of hydrogen-bond acceptors (Lipinski definition) is 4. The highest BCUT2D eigenvalue weighted by atomic mass is 35.5. The predicted octanol–water partition coefficient (Wildman–Crippen LogP) is 2.71. The van der Waals surface area contributed by atoms with Gasteiger partial charge in [-0.3, -0.25) is 4.98 Å². The minimum absolute atomic E-state index is 0. The zero-order chi connectivity index (χ0) is 15.0. The molecular weight excluding hydrogens is 381 g/mol. The molecular formula is C14H18Cl3N3O2S. The van der Waals surface area contributed by atoms with Crippen LogP contribution in [0, 0.1) is 0 Å². The second-order valence-electron chi connectivity index (χ2n) is 5.11. The van der Waals surface area contributed by atoms with Crippen LogP contribution in [0.2, 0.25) is 5.02 Å². The third-order valence-corrected chi connectivity index (χ3v) is 6.07. The van der Waals surface area contributed by atoms with Gasteiger partial charge in [-0.25, -0.2) is 8.42 Å². The van der Waals surface area contributed by atoms with Gasteiger partial charge in [-0.05, 0) is 19.5 Å². The van der Waals surface area contributed by atoms with Crippen LogP contribution >= 0.6 is 36.4 Å². The number of nitrogens with one attached hydrogen (secondary N) is 1. The van der Waals surface area contributed by atoms with E-state index in [2.05, 4.69) is 10.3 Å². The molecule has 23 heavy (non-hydrogen) atoms. The van der Waals surface area contributed by atoms with E-state index in [9.17, 15) is 8.42 Å². The molecule has 2 heterocycles. The molecule has 1 aliphatic rings. The molecule has 0 radical (unpaired) electrons. The van der Waals surface area contributed by atoms with Gasteiger partial charge in [-0.2, -0.15) is 4.31 Å². The van der Waals surface area contributed by atoms with Gasteiger partial charge < -0.3 is 5.32 Å². The first-order valence-corrected chi connectivity index (χ1v) is 8.55. The van der Waals surface area contributed by atoms with Crippen molar-refractivity contribution in [2.45, 2.75) is 17.4 Å². The van der Waals surface area contributed by atoms with Crippen molar-refractivity contribution in [3.63, 3.8) is 0 Å². The molecule has 2 aromatic rings. The van der Waals surface area contributed by atoms with Gasteiger partial charge in [0.15, 0.2) is 0 Å². The Bertz CT molecular complexity index is 781. The number of halogens is 3. The third-order valence-electron chi connectivity index (χ3n) is 3.88. The fourth-order valence-electron chi connectivity index (χ4n) is 2.70. The van der Waals surface area contributed by atoms with Gasteiger partial charge in [0.1, 0.15) is 0 Å². The van der Waals surface area contributed by atoms with Crippen molar-refractivity contribution in [3.8, 4) is 0 Å². The summed E-state index contributed by atoms with van der Waals surface area (Å²) in [7, 11) is -1.70. The van der Waals surface area contributed by atoms with E-state index in [1.54, 1.807) is 18.3 Å². The first kappa shape index (κ1) is 20.4. The lowest BCUT2D eigenvalue weighted by Crippen LogP contribution is -2.33. The molecule has 0 spiro atoms. The maximum absolute atomic E-state index is 12.9. The van der Waals surface area contributed by atoms with Crippen molar-refractivity contribution < 1.29 is 8.42 Å². The van der Waals surface area contributed by atoms with Crippen LogP contribution in [0.1, 0.15) is 6.42 Å². The zero-order valence-electron chi connectivity index (χ0n) is 12.4. The van der Waals surface area contributed by atoms with Crippen LogP contribution in [-0.4, -0.2) is 43.9 Å². The summed E-state index contributed by atoms with van der Waals surface area (Å²) >= 11 is 6.17. The Balaban J connectivity index is 0.00000132. The number of fused-ring (bicyclic) bond motifs is 1. The minimum atomic E-state index is -3.55. The number of nitrogens with zero attached hydrogens (tertiary/aromatic N) is 2. The van der Waals surface area contributed by atoms with Gasteiger partial charge in [0.05, 0.1) is 9.92 Å². The van der Waals surface area contributed by atoms with Crippen molar-refractivity contribution in [1.29, 1.82) is 0 Å². The molecule has 1 aromatic carbocycles. The second-order valence-corrected chi connectivity index (χ2v) is 7.43. The minimum Gasteiger partial charge on any atom is -0.316 e. The Morgan fingerprint density at radius 3 is 2.70 bits per heavy atom. The number of benzene rings is 1. The molecule has 0 amide bonds. The highest BCUT2D eigenvalue weighted by Gasteiger charge is 2.33. The van der Waals surface area contributed by atoms with Gasteiger partial charge in [0.25, 0.3) is 0 Å². The first-order valence-electron chi connectivity index (χ1n) is 6.73. The number of hydrogen-bond donors (Lipinski definition) is 1. The average molecular weight is 399 g/mol. The molecule has 1 atom stereocenters. The Morgan fingerprint density at radius 2 is 2.04 bits per heavy atom. The normalized spacial score (nSPS) is 18.4. The molecule has 3 rings (SSSR count). The number of pyridine rings is 1. The largest absolute Gasteiger partial charge is 0.316 e. The van der Waals surface area contributed by atoms with Crippen molar-refractivity contribution in [3.05, 3.63) is 35.6 Å². The molecule has 1 aliphatic heterocycles. The van der Waals surface area contributed by atoms with Crippen molar-refractivity contribution >= 4 is 57.2 Å². The van der Waals surface area contributed by atoms with Crippen LogP contribution < -0.4 is 5.32 Å². The molecule has 1 fully saturated rings. The summed E-state index contributed by atoms with van der Waals surface area (Å²) in [5.41, 5.74) is 0. The van der Waals surface area contributed by atoms with E-state index in [1.807, 2.05) is 13.1 Å². The molecule has 128 valence electrons. The summed E-state index contributed by atoms with van der Waals surface area (Å²) < 4.78 is 27.3. The van der Waals surface area contributed by atoms with E-state index >= 15 is 0 Å². The maximum Gasteiger partial charge on any atom is 0.243 e. The van der Waals surface area contributed by atoms with E-state index in [-0.39, 0.29) is 35.8 Å². The van der Waals surface area contributed by atoms with E-state index in [0.29, 0.717) is 23.5 Å². The highest BCUT2D eigenvalue weighted by Crippen LogP contribution is 2.31. The lowest BCUT2D eigenvalue weighted by molar-refractivity contribution is 0.465. The van der Waals surface area contributed by atoms with Crippen LogP contribution in [0.4, 0.5) is 0 Å². The molecule has 1 aromatic heterocycles. The molecule has 0 bridgehead atoms. The van der Waals surface area contributed by atoms with E-state index in [4.69, 9.17) is 11.6 Å². The summed E-state index contributed by atoms with van der Waals surface area (Å²) in [6, 6.07) is 5.34. The molecule has 0 aliphatic carbocycles. The smallest absolute Gasteiger partial charge is 0.243 e. The second kappa shape index (κ2) is 7.96. The number of aromatic nitrogens is 1. The lowest BCUT2D eigenvalue weighted by Gasteiger charge is -2.18. The molecule has 9 heteroatoms. The molecule has 1 unspecified atom stereocenters. The summed E-state index contributed by atoms with van der Waals surface area (Å²) in [5.74, 6) is 0. The Labute approximate surface area is 153 Å². The SMILES string of the molecule is CNC1CCN(S(=O)(=O)c2cccc3cncc(Cl)c23)C1.Cl.Cl. The Hall–Kier alpha value is -0.630. The summed E-state index contributed by atoms with van der Waals surface area (Å²) in [6.07, 6.45) is 3.92. The van der Waals surface area contributed by atoms with Crippen molar-refractivity contribution in [2.75, 3.05) is 20.1 Å². The molecule has 1 N–H and O–H groups in total. The summed E-state index contributed by atoms with van der Waals surface area (Å²) in [4.78, 5) is 4.26. The van der Waals surface area contributed by atoms with Gasteiger partial charge in [0.2, 0.25) is 10.0 Å². The van der Waals surface area contributed by atoms with Gasteiger partial charge in [0, 0.05) is 42.3 Å². The van der Waals surface area contributed by atoms with Crippen LogP contribution in [0.3, 0.4) is 0 Å². The van der Waals surface area contributed by atoms with Crippen molar-refractivity contribution in [2.24, 2.45) is 0 Å². The zero-order valence-corrected chi connectivity index (χ0v) is 15.6. The highest BCUT2D eigenvalue weighted by molar-refractivity contribution is 7.89.